The minimum atomic E-state index is -0.183. The van der Waals surface area contributed by atoms with Crippen molar-refractivity contribution in [3.8, 4) is 0 Å². The van der Waals surface area contributed by atoms with Gasteiger partial charge in [-0.2, -0.15) is 0 Å². The highest BCUT2D eigenvalue weighted by Gasteiger charge is 2.29. The Morgan fingerprint density at radius 2 is 1.74 bits per heavy atom. The van der Waals surface area contributed by atoms with E-state index in [-0.39, 0.29) is 5.82 Å². The van der Waals surface area contributed by atoms with E-state index in [0.29, 0.717) is 24.4 Å². The molecule has 0 saturated carbocycles. The molecule has 3 rings (SSSR count). The van der Waals surface area contributed by atoms with Gasteiger partial charge >= 0.3 is 0 Å². The molecule has 27 heavy (non-hydrogen) atoms. The van der Waals surface area contributed by atoms with Gasteiger partial charge < -0.3 is 4.90 Å². The van der Waals surface area contributed by atoms with Crippen molar-refractivity contribution in [2.75, 3.05) is 39.3 Å². The van der Waals surface area contributed by atoms with Gasteiger partial charge in [0.05, 0.1) is 6.54 Å². The predicted octanol–water partition coefficient (Wildman–Crippen LogP) is 3.37. The molecular formula is C22H34FN3O. The molecule has 4 nitrogen and oxygen atoms in total. The SMILES string of the molecule is CC(C)C1CN(CC(=O)N2CCCCC2)CCCN1Cc1ccc(F)cc1. The molecule has 1 aromatic carbocycles. The van der Waals surface area contributed by atoms with Crippen LogP contribution in [-0.4, -0.2) is 65.9 Å². The second kappa shape index (κ2) is 9.65. The molecule has 5 heteroatoms. The molecule has 2 fully saturated rings. The Balaban J connectivity index is 1.61. The number of piperidine rings is 1. The first-order valence-corrected chi connectivity index (χ1v) is 10.5. The summed E-state index contributed by atoms with van der Waals surface area (Å²) in [6, 6.07) is 7.26. The average Bonchev–Trinajstić information content (AvgIpc) is 2.86. The number of likely N-dealkylation sites (tertiary alicyclic amines) is 1. The van der Waals surface area contributed by atoms with E-state index in [9.17, 15) is 9.18 Å². The van der Waals surface area contributed by atoms with Gasteiger partial charge in [-0.15, -0.1) is 0 Å². The molecule has 2 heterocycles. The van der Waals surface area contributed by atoms with Gasteiger partial charge in [-0.3, -0.25) is 14.6 Å². The zero-order valence-electron chi connectivity index (χ0n) is 16.9. The molecule has 1 unspecified atom stereocenters. The quantitative estimate of drug-likeness (QED) is 0.789. The lowest BCUT2D eigenvalue weighted by Crippen LogP contribution is -2.47. The van der Waals surface area contributed by atoms with Crippen molar-refractivity contribution in [3.63, 3.8) is 0 Å². The van der Waals surface area contributed by atoms with Crippen LogP contribution >= 0.6 is 0 Å². The highest BCUT2D eigenvalue weighted by atomic mass is 19.1. The Bertz CT molecular complexity index is 598. The molecule has 1 atom stereocenters. The highest BCUT2D eigenvalue weighted by molar-refractivity contribution is 5.78. The zero-order chi connectivity index (χ0) is 19.2. The Kier molecular flexibility index (Phi) is 7.25. The number of nitrogens with zero attached hydrogens (tertiary/aromatic N) is 3. The Labute approximate surface area is 163 Å². The fourth-order valence-corrected chi connectivity index (χ4v) is 4.37. The predicted molar refractivity (Wildman–Crippen MR) is 107 cm³/mol. The van der Waals surface area contributed by atoms with Gasteiger partial charge in [-0.05, 0) is 55.8 Å². The lowest BCUT2D eigenvalue weighted by Gasteiger charge is -2.35. The second-order valence-electron chi connectivity index (χ2n) is 8.44. The lowest BCUT2D eigenvalue weighted by molar-refractivity contribution is -0.133. The summed E-state index contributed by atoms with van der Waals surface area (Å²) in [6.07, 6.45) is 4.61. The van der Waals surface area contributed by atoms with Crippen LogP contribution in [0, 0.1) is 11.7 Å². The Morgan fingerprint density at radius 3 is 2.41 bits per heavy atom. The average molecular weight is 376 g/mol. The van der Waals surface area contributed by atoms with Gasteiger partial charge in [0.1, 0.15) is 5.82 Å². The van der Waals surface area contributed by atoms with Crippen LogP contribution in [0.1, 0.15) is 45.1 Å². The Morgan fingerprint density at radius 1 is 1.04 bits per heavy atom. The lowest BCUT2D eigenvalue weighted by atomic mass is 10.0. The number of carbonyl (C=O) groups is 1. The molecule has 2 aliphatic rings. The largest absolute Gasteiger partial charge is 0.342 e. The van der Waals surface area contributed by atoms with Crippen LogP contribution in [0.2, 0.25) is 0 Å². The van der Waals surface area contributed by atoms with Crippen molar-refractivity contribution in [1.29, 1.82) is 0 Å². The molecule has 0 aromatic heterocycles. The molecule has 0 N–H and O–H groups in total. The first-order chi connectivity index (χ1) is 13.0. The smallest absolute Gasteiger partial charge is 0.236 e. The van der Waals surface area contributed by atoms with Crippen LogP contribution in [-0.2, 0) is 11.3 Å². The number of rotatable bonds is 5. The number of carbonyl (C=O) groups excluding carboxylic acids is 1. The van der Waals surface area contributed by atoms with E-state index in [1.165, 1.54) is 6.42 Å². The first kappa shape index (κ1) is 20.3. The molecule has 0 radical (unpaired) electrons. The number of amides is 1. The molecule has 1 aromatic rings. The molecular weight excluding hydrogens is 341 g/mol. The maximum Gasteiger partial charge on any atom is 0.236 e. The number of benzene rings is 1. The molecule has 0 bridgehead atoms. The van der Waals surface area contributed by atoms with E-state index in [1.54, 1.807) is 12.1 Å². The van der Waals surface area contributed by atoms with Crippen molar-refractivity contribution < 1.29 is 9.18 Å². The van der Waals surface area contributed by atoms with Crippen molar-refractivity contribution in [2.24, 2.45) is 5.92 Å². The third kappa shape index (κ3) is 5.76. The first-order valence-electron chi connectivity index (χ1n) is 10.5. The fourth-order valence-electron chi connectivity index (χ4n) is 4.37. The van der Waals surface area contributed by atoms with Gasteiger partial charge in [-0.25, -0.2) is 4.39 Å². The summed E-state index contributed by atoms with van der Waals surface area (Å²) in [7, 11) is 0. The molecule has 2 aliphatic heterocycles. The third-order valence-electron chi connectivity index (χ3n) is 5.97. The van der Waals surface area contributed by atoms with Crippen molar-refractivity contribution in [2.45, 2.75) is 52.1 Å². The monoisotopic (exact) mass is 375 g/mol. The van der Waals surface area contributed by atoms with Crippen LogP contribution < -0.4 is 0 Å². The number of halogens is 1. The van der Waals surface area contributed by atoms with Crippen molar-refractivity contribution in [1.82, 2.24) is 14.7 Å². The van der Waals surface area contributed by atoms with Gasteiger partial charge in [0, 0.05) is 38.8 Å². The van der Waals surface area contributed by atoms with Gasteiger partial charge in [0.15, 0.2) is 0 Å². The minimum Gasteiger partial charge on any atom is -0.342 e. The maximum absolute atomic E-state index is 13.2. The maximum atomic E-state index is 13.2. The van der Waals surface area contributed by atoms with Crippen LogP contribution in [0.5, 0.6) is 0 Å². The highest BCUT2D eigenvalue weighted by Crippen LogP contribution is 2.20. The Hall–Kier alpha value is -1.46. The topological polar surface area (TPSA) is 26.8 Å². The summed E-state index contributed by atoms with van der Waals surface area (Å²) in [5, 5.41) is 0. The van der Waals surface area contributed by atoms with Gasteiger partial charge in [0.2, 0.25) is 5.91 Å². The van der Waals surface area contributed by atoms with Gasteiger partial charge in [-0.1, -0.05) is 26.0 Å². The van der Waals surface area contributed by atoms with E-state index in [0.717, 1.165) is 64.1 Å². The van der Waals surface area contributed by atoms with Crippen molar-refractivity contribution >= 4 is 5.91 Å². The van der Waals surface area contributed by atoms with E-state index < -0.39 is 0 Å². The van der Waals surface area contributed by atoms with Crippen LogP contribution in [0.3, 0.4) is 0 Å². The van der Waals surface area contributed by atoms with Crippen LogP contribution in [0.25, 0.3) is 0 Å². The van der Waals surface area contributed by atoms with E-state index >= 15 is 0 Å². The van der Waals surface area contributed by atoms with Crippen LogP contribution in [0.4, 0.5) is 4.39 Å². The fraction of sp³-hybridized carbons (Fsp3) is 0.682. The number of hydrogen-bond acceptors (Lipinski definition) is 3. The second-order valence-corrected chi connectivity index (χ2v) is 8.44. The zero-order valence-corrected chi connectivity index (χ0v) is 16.9. The minimum absolute atomic E-state index is 0.183. The van der Waals surface area contributed by atoms with E-state index in [1.807, 2.05) is 12.1 Å². The normalized spacial score (nSPS) is 22.8. The molecule has 0 aliphatic carbocycles. The van der Waals surface area contributed by atoms with Crippen molar-refractivity contribution in [3.05, 3.63) is 35.6 Å². The molecule has 150 valence electrons. The summed E-state index contributed by atoms with van der Waals surface area (Å²) in [4.78, 5) is 19.6. The summed E-state index contributed by atoms with van der Waals surface area (Å²) in [6.45, 7) is 10.7. The standard InChI is InChI=1S/C22H34FN3O/c1-18(2)21-16-24(17-22(27)25-12-4-3-5-13-25)11-6-14-26(21)15-19-7-9-20(23)10-8-19/h7-10,18,21H,3-6,11-17H2,1-2H3. The molecule has 1 amide bonds. The number of hydrogen-bond donors (Lipinski definition) is 0. The van der Waals surface area contributed by atoms with E-state index in [2.05, 4.69) is 28.5 Å². The van der Waals surface area contributed by atoms with E-state index in [4.69, 9.17) is 0 Å². The molecule has 0 spiro atoms. The molecule has 2 saturated heterocycles. The summed E-state index contributed by atoms with van der Waals surface area (Å²) in [5.41, 5.74) is 1.15. The summed E-state index contributed by atoms with van der Waals surface area (Å²) < 4.78 is 13.2. The third-order valence-corrected chi connectivity index (χ3v) is 5.97. The summed E-state index contributed by atoms with van der Waals surface area (Å²) in [5.74, 6) is 0.623. The summed E-state index contributed by atoms with van der Waals surface area (Å²) >= 11 is 0. The van der Waals surface area contributed by atoms with Crippen LogP contribution in [0.15, 0.2) is 24.3 Å². The van der Waals surface area contributed by atoms with Gasteiger partial charge in [0.25, 0.3) is 0 Å².